The van der Waals surface area contributed by atoms with Gasteiger partial charge < -0.3 is 9.64 Å². The van der Waals surface area contributed by atoms with E-state index in [9.17, 15) is 4.79 Å². The number of para-hydroxylation sites is 1. The highest BCUT2D eigenvalue weighted by atomic mass is 32.1. The van der Waals surface area contributed by atoms with Crippen molar-refractivity contribution in [3.8, 4) is 5.19 Å². The summed E-state index contributed by atoms with van der Waals surface area (Å²) < 4.78 is 7.20. The summed E-state index contributed by atoms with van der Waals surface area (Å²) in [4.78, 5) is 19.0. The Labute approximate surface area is 151 Å². The van der Waals surface area contributed by atoms with Gasteiger partial charge in [-0.1, -0.05) is 41.2 Å². The third kappa shape index (κ3) is 3.51. The number of piperidine rings is 1. The third-order valence-electron chi connectivity index (χ3n) is 4.57. The zero-order chi connectivity index (χ0) is 17.2. The van der Waals surface area contributed by atoms with Gasteiger partial charge in [0.05, 0.1) is 10.2 Å². The molecule has 0 spiro atoms. The molecule has 0 aliphatic carbocycles. The van der Waals surface area contributed by atoms with Crippen LogP contribution in [0.2, 0.25) is 0 Å². The number of likely N-dealkylation sites (tertiary alicyclic amines) is 1. The lowest BCUT2D eigenvalue weighted by atomic mass is 10.1. The largest absolute Gasteiger partial charge is 0.467 e. The maximum atomic E-state index is 12.6. The first kappa shape index (κ1) is 16.1. The molecule has 0 saturated carbocycles. The van der Waals surface area contributed by atoms with E-state index in [0.29, 0.717) is 0 Å². The van der Waals surface area contributed by atoms with Crippen molar-refractivity contribution >= 4 is 27.5 Å². The molecular weight excluding hydrogens is 332 g/mol. The van der Waals surface area contributed by atoms with E-state index < -0.39 is 0 Å². The number of rotatable bonds is 3. The quantitative estimate of drug-likeness (QED) is 0.706. The number of hydrogen-bond acceptors (Lipinski definition) is 4. The van der Waals surface area contributed by atoms with E-state index in [4.69, 9.17) is 4.74 Å². The zero-order valence-corrected chi connectivity index (χ0v) is 15.0. The Morgan fingerprint density at radius 2 is 1.84 bits per heavy atom. The average molecular weight is 352 g/mol. The first-order valence-corrected chi connectivity index (χ1v) is 9.39. The fourth-order valence-electron chi connectivity index (χ4n) is 3.10. The summed E-state index contributed by atoms with van der Waals surface area (Å²) in [6, 6.07) is 15.8. The molecule has 1 aliphatic rings. The molecule has 0 unspecified atom stereocenters. The van der Waals surface area contributed by atoms with Gasteiger partial charge in [-0.2, -0.15) is 0 Å². The molecular formula is C20H20N2O2S. The summed E-state index contributed by atoms with van der Waals surface area (Å²) in [5, 5.41) is 0.726. The molecule has 4 rings (SSSR count). The Hall–Kier alpha value is -2.40. The third-order valence-corrected chi connectivity index (χ3v) is 5.50. The van der Waals surface area contributed by atoms with Crippen LogP contribution in [0.3, 0.4) is 0 Å². The number of ether oxygens (including phenoxy) is 1. The Balaban J connectivity index is 1.36. The second-order valence-electron chi connectivity index (χ2n) is 6.42. The van der Waals surface area contributed by atoms with Gasteiger partial charge in [0, 0.05) is 31.5 Å². The maximum absolute atomic E-state index is 12.6. The first-order valence-electron chi connectivity index (χ1n) is 8.57. The lowest BCUT2D eigenvalue weighted by Crippen LogP contribution is -2.41. The van der Waals surface area contributed by atoms with Gasteiger partial charge in [-0.05, 0) is 31.2 Å². The van der Waals surface area contributed by atoms with Crippen LogP contribution in [0.5, 0.6) is 5.19 Å². The Morgan fingerprint density at radius 3 is 2.56 bits per heavy atom. The van der Waals surface area contributed by atoms with Crippen molar-refractivity contribution < 1.29 is 9.53 Å². The fourth-order valence-corrected chi connectivity index (χ4v) is 3.98. The Bertz CT molecular complexity index is 847. The van der Waals surface area contributed by atoms with Crippen LogP contribution < -0.4 is 4.74 Å². The molecule has 1 aliphatic heterocycles. The molecule has 0 bridgehead atoms. The molecule has 0 N–H and O–H groups in total. The lowest BCUT2D eigenvalue weighted by molar-refractivity contribution is 0.0595. The minimum atomic E-state index is 0.110. The van der Waals surface area contributed by atoms with Gasteiger partial charge in [-0.25, -0.2) is 4.98 Å². The molecule has 0 radical (unpaired) electrons. The van der Waals surface area contributed by atoms with Gasteiger partial charge in [0.1, 0.15) is 6.10 Å². The van der Waals surface area contributed by atoms with Crippen LogP contribution in [0, 0.1) is 6.92 Å². The van der Waals surface area contributed by atoms with E-state index in [1.165, 1.54) is 5.56 Å². The number of carbonyl (C=O) groups is 1. The Morgan fingerprint density at radius 1 is 1.12 bits per heavy atom. The number of aryl methyl sites for hydroxylation is 1. The molecule has 3 aromatic rings. The van der Waals surface area contributed by atoms with Gasteiger partial charge in [0.15, 0.2) is 0 Å². The molecule has 1 aromatic heterocycles. The summed E-state index contributed by atoms with van der Waals surface area (Å²) in [5.41, 5.74) is 2.91. The summed E-state index contributed by atoms with van der Waals surface area (Å²) in [6.07, 6.45) is 1.81. The molecule has 1 fully saturated rings. The van der Waals surface area contributed by atoms with E-state index in [1.54, 1.807) is 11.3 Å². The molecule has 2 aromatic carbocycles. The highest BCUT2D eigenvalue weighted by Gasteiger charge is 2.25. The normalized spacial score (nSPS) is 15.5. The predicted molar refractivity (Wildman–Crippen MR) is 100 cm³/mol. The number of carbonyl (C=O) groups excluding carboxylic acids is 1. The van der Waals surface area contributed by atoms with E-state index >= 15 is 0 Å². The molecule has 4 nitrogen and oxygen atoms in total. The highest BCUT2D eigenvalue weighted by molar-refractivity contribution is 7.20. The molecule has 0 atom stereocenters. The summed E-state index contributed by atoms with van der Waals surface area (Å²) in [5.74, 6) is 0.110. The van der Waals surface area contributed by atoms with Crippen LogP contribution in [0.1, 0.15) is 28.8 Å². The van der Waals surface area contributed by atoms with Gasteiger partial charge in [-0.15, -0.1) is 0 Å². The second-order valence-corrected chi connectivity index (χ2v) is 7.42. The minimum absolute atomic E-state index is 0.110. The van der Waals surface area contributed by atoms with Gasteiger partial charge in [0.25, 0.3) is 11.1 Å². The predicted octanol–water partition coefficient (Wildman–Crippen LogP) is 4.29. The topological polar surface area (TPSA) is 42.4 Å². The maximum Gasteiger partial charge on any atom is 0.274 e. The van der Waals surface area contributed by atoms with E-state index in [1.807, 2.05) is 54.3 Å². The number of fused-ring (bicyclic) bond motifs is 1. The van der Waals surface area contributed by atoms with Gasteiger partial charge in [0.2, 0.25) is 0 Å². The molecule has 128 valence electrons. The summed E-state index contributed by atoms with van der Waals surface area (Å²) in [6.45, 7) is 3.48. The SMILES string of the molecule is Cc1ccc(C(=O)N2CCC(Oc3nc4ccccc4s3)CC2)cc1. The lowest BCUT2D eigenvalue weighted by Gasteiger charge is -2.31. The van der Waals surface area contributed by atoms with Crippen molar-refractivity contribution in [2.45, 2.75) is 25.9 Å². The van der Waals surface area contributed by atoms with Crippen molar-refractivity contribution in [2.75, 3.05) is 13.1 Å². The van der Waals surface area contributed by atoms with Crippen LogP contribution in [0.4, 0.5) is 0 Å². The monoisotopic (exact) mass is 352 g/mol. The second kappa shape index (κ2) is 6.84. The van der Waals surface area contributed by atoms with Crippen LogP contribution >= 0.6 is 11.3 Å². The average Bonchev–Trinajstić information content (AvgIpc) is 3.05. The van der Waals surface area contributed by atoms with E-state index in [2.05, 4.69) is 11.1 Å². The zero-order valence-electron chi connectivity index (χ0n) is 14.1. The number of aromatic nitrogens is 1. The molecule has 1 amide bonds. The van der Waals surface area contributed by atoms with Crippen molar-refractivity contribution in [2.24, 2.45) is 0 Å². The van der Waals surface area contributed by atoms with Crippen molar-refractivity contribution in [3.63, 3.8) is 0 Å². The number of nitrogens with zero attached hydrogens (tertiary/aromatic N) is 2. The Kier molecular flexibility index (Phi) is 4.40. The van der Waals surface area contributed by atoms with Crippen LogP contribution in [-0.2, 0) is 0 Å². The highest BCUT2D eigenvalue weighted by Crippen LogP contribution is 2.29. The number of benzene rings is 2. The molecule has 2 heterocycles. The summed E-state index contributed by atoms with van der Waals surface area (Å²) >= 11 is 1.58. The molecule has 25 heavy (non-hydrogen) atoms. The van der Waals surface area contributed by atoms with Crippen molar-refractivity contribution in [1.82, 2.24) is 9.88 Å². The van der Waals surface area contributed by atoms with Gasteiger partial charge in [-0.3, -0.25) is 4.79 Å². The van der Waals surface area contributed by atoms with Crippen LogP contribution in [-0.4, -0.2) is 35.0 Å². The standard InChI is InChI=1S/C20H20N2O2S/c1-14-6-8-15(9-7-14)19(23)22-12-10-16(11-13-22)24-20-21-17-4-2-3-5-18(17)25-20/h2-9,16H,10-13H2,1H3. The fraction of sp³-hybridized carbons (Fsp3) is 0.300. The molecule has 1 saturated heterocycles. The van der Waals surface area contributed by atoms with Crippen LogP contribution in [0.25, 0.3) is 10.2 Å². The number of thiazole rings is 1. The number of hydrogen-bond donors (Lipinski definition) is 0. The minimum Gasteiger partial charge on any atom is -0.467 e. The van der Waals surface area contributed by atoms with E-state index in [-0.39, 0.29) is 12.0 Å². The van der Waals surface area contributed by atoms with Crippen molar-refractivity contribution in [3.05, 3.63) is 59.7 Å². The summed E-state index contributed by atoms with van der Waals surface area (Å²) in [7, 11) is 0. The first-order chi connectivity index (χ1) is 12.2. The van der Waals surface area contributed by atoms with E-state index in [0.717, 1.165) is 46.9 Å². The van der Waals surface area contributed by atoms with Gasteiger partial charge >= 0.3 is 0 Å². The molecule has 5 heteroatoms. The van der Waals surface area contributed by atoms with Crippen LogP contribution in [0.15, 0.2) is 48.5 Å². The smallest absolute Gasteiger partial charge is 0.274 e. The van der Waals surface area contributed by atoms with Crippen molar-refractivity contribution in [1.29, 1.82) is 0 Å². The number of amides is 1.